The standard InChI is InChI=1S/C15H19N3O2/c19-11-13-8-10-18(13)9-4-7-14-16-15(17-20-14)12-5-2-1-3-6-12/h1-3,5-6,13,19H,4,7-11H2. The summed E-state index contributed by atoms with van der Waals surface area (Å²) in [5.41, 5.74) is 0.977. The molecule has 1 aromatic carbocycles. The number of likely N-dealkylation sites (tertiary alicyclic amines) is 1. The molecule has 5 heteroatoms. The fraction of sp³-hybridized carbons (Fsp3) is 0.467. The van der Waals surface area contributed by atoms with Crippen LogP contribution in [0.4, 0.5) is 0 Å². The average molecular weight is 273 g/mol. The summed E-state index contributed by atoms with van der Waals surface area (Å²) in [4.78, 5) is 6.71. The van der Waals surface area contributed by atoms with Crippen molar-refractivity contribution >= 4 is 0 Å². The number of aryl methyl sites for hydroxylation is 1. The zero-order valence-corrected chi connectivity index (χ0v) is 11.4. The van der Waals surface area contributed by atoms with Gasteiger partial charge in [0.1, 0.15) is 0 Å². The molecule has 20 heavy (non-hydrogen) atoms. The monoisotopic (exact) mass is 273 g/mol. The van der Waals surface area contributed by atoms with Gasteiger partial charge in [0.25, 0.3) is 0 Å². The number of benzene rings is 1. The molecule has 2 aromatic rings. The van der Waals surface area contributed by atoms with E-state index < -0.39 is 0 Å². The second kappa shape index (κ2) is 6.15. The Labute approximate surface area is 118 Å². The van der Waals surface area contributed by atoms with Crippen LogP contribution >= 0.6 is 0 Å². The molecular formula is C15H19N3O2. The largest absolute Gasteiger partial charge is 0.395 e. The normalized spacial score (nSPS) is 18.9. The molecule has 1 aromatic heterocycles. The first-order chi connectivity index (χ1) is 9.86. The molecule has 1 unspecified atom stereocenters. The summed E-state index contributed by atoms with van der Waals surface area (Å²) < 4.78 is 5.28. The molecule has 3 rings (SSSR count). The highest BCUT2D eigenvalue weighted by Gasteiger charge is 2.26. The van der Waals surface area contributed by atoms with Crippen molar-refractivity contribution in [3.8, 4) is 11.4 Å². The van der Waals surface area contributed by atoms with E-state index in [4.69, 9.17) is 9.63 Å². The maximum atomic E-state index is 9.12. The summed E-state index contributed by atoms with van der Waals surface area (Å²) in [5.74, 6) is 1.34. The summed E-state index contributed by atoms with van der Waals surface area (Å²) in [6.07, 6.45) is 2.87. The van der Waals surface area contributed by atoms with Crippen molar-refractivity contribution in [2.24, 2.45) is 0 Å². The lowest BCUT2D eigenvalue weighted by molar-refractivity contribution is 0.0413. The highest BCUT2D eigenvalue weighted by molar-refractivity contribution is 5.53. The molecule has 0 bridgehead atoms. The molecule has 0 saturated carbocycles. The highest BCUT2D eigenvalue weighted by atomic mass is 16.5. The van der Waals surface area contributed by atoms with Crippen LogP contribution in [0, 0.1) is 0 Å². The maximum absolute atomic E-state index is 9.12. The molecule has 1 aliphatic rings. The fourth-order valence-electron chi connectivity index (χ4n) is 2.49. The van der Waals surface area contributed by atoms with Crippen LogP contribution in [0.5, 0.6) is 0 Å². The van der Waals surface area contributed by atoms with Crippen molar-refractivity contribution in [2.45, 2.75) is 25.3 Å². The molecule has 0 amide bonds. The molecule has 1 saturated heterocycles. The first-order valence-corrected chi connectivity index (χ1v) is 7.10. The van der Waals surface area contributed by atoms with E-state index in [9.17, 15) is 0 Å². The second-order valence-electron chi connectivity index (χ2n) is 5.14. The molecular weight excluding hydrogens is 254 g/mol. The van der Waals surface area contributed by atoms with E-state index in [0.717, 1.165) is 37.9 Å². The Kier molecular flexibility index (Phi) is 4.08. The Morgan fingerprint density at radius 3 is 2.85 bits per heavy atom. The molecule has 0 spiro atoms. The third kappa shape index (κ3) is 2.89. The minimum absolute atomic E-state index is 0.263. The summed E-state index contributed by atoms with van der Waals surface area (Å²) >= 11 is 0. The van der Waals surface area contributed by atoms with Gasteiger partial charge >= 0.3 is 0 Å². The first-order valence-electron chi connectivity index (χ1n) is 7.10. The lowest BCUT2D eigenvalue weighted by Crippen LogP contribution is -2.50. The van der Waals surface area contributed by atoms with E-state index in [-0.39, 0.29) is 6.61 Å². The van der Waals surface area contributed by atoms with Crippen LogP contribution in [-0.2, 0) is 6.42 Å². The third-order valence-electron chi connectivity index (χ3n) is 3.81. The zero-order chi connectivity index (χ0) is 13.8. The Morgan fingerprint density at radius 2 is 2.15 bits per heavy atom. The molecule has 106 valence electrons. The number of hydrogen-bond donors (Lipinski definition) is 1. The van der Waals surface area contributed by atoms with Gasteiger partial charge in [-0.1, -0.05) is 35.5 Å². The van der Waals surface area contributed by atoms with Crippen molar-refractivity contribution in [3.63, 3.8) is 0 Å². The van der Waals surface area contributed by atoms with Gasteiger partial charge in [0.15, 0.2) is 0 Å². The van der Waals surface area contributed by atoms with Crippen LogP contribution in [0.25, 0.3) is 11.4 Å². The van der Waals surface area contributed by atoms with Crippen LogP contribution in [0.3, 0.4) is 0 Å². The van der Waals surface area contributed by atoms with Crippen LogP contribution in [0.1, 0.15) is 18.7 Å². The lowest BCUT2D eigenvalue weighted by atomic mass is 10.0. The van der Waals surface area contributed by atoms with Gasteiger partial charge in [-0.2, -0.15) is 4.98 Å². The smallest absolute Gasteiger partial charge is 0.227 e. The zero-order valence-electron chi connectivity index (χ0n) is 11.4. The minimum atomic E-state index is 0.263. The van der Waals surface area contributed by atoms with Crippen molar-refractivity contribution in [1.82, 2.24) is 15.0 Å². The number of hydrogen-bond acceptors (Lipinski definition) is 5. The van der Waals surface area contributed by atoms with Gasteiger partial charge in [-0.05, 0) is 19.4 Å². The van der Waals surface area contributed by atoms with Crippen LogP contribution in [0.2, 0.25) is 0 Å². The van der Waals surface area contributed by atoms with Gasteiger partial charge in [0.2, 0.25) is 11.7 Å². The van der Waals surface area contributed by atoms with E-state index in [1.54, 1.807) is 0 Å². The number of aliphatic hydroxyl groups is 1. The molecule has 5 nitrogen and oxygen atoms in total. The van der Waals surface area contributed by atoms with Crippen LogP contribution in [0.15, 0.2) is 34.9 Å². The SMILES string of the molecule is OCC1CCN1CCCc1nc(-c2ccccc2)no1. The molecule has 1 aliphatic heterocycles. The van der Waals surface area contributed by atoms with Crippen molar-refractivity contribution in [1.29, 1.82) is 0 Å². The van der Waals surface area contributed by atoms with E-state index in [0.29, 0.717) is 17.8 Å². The molecule has 1 atom stereocenters. The third-order valence-corrected chi connectivity index (χ3v) is 3.81. The summed E-state index contributed by atoms with van der Waals surface area (Å²) in [5, 5.41) is 13.1. The van der Waals surface area contributed by atoms with Crippen molar-refractivity contribution < 1.29 is 9.63 Å². The van der Waals surface area contributed by atoms with Crippen LogP contribution < -0.4 is 0 Å². The van der Waals surface area contributed by atoms with Gasteiger partial charge in [0, 0.05) is 24.6 Å². The van der Waals surface area contributed by atoms with Gasteiger partial charge in [-0.15, -0.1) is 0 Å². The predicted octanol–water partition coefficient (Wildman–Crippen LogP) is 1.74. The van der Waals surface area contributed by atoms with E-state index in [2.05, 4.69) is 15.0 Å². The number of aromatic nitrogens is 2. The van der Waals surface area contributed by atoms with Gasteiger partial charge in [-0.3, -0.25) is 4.90 Å². The van der Waals surface area contributed by atoms with Crippen molar-refractivity contribution in [2.75, 3.05) is 19.7 Å². The predicted molar refractivity (Wildman–Crippen MR) is 75.1 cm³/mol. The van der Waals surface area contributed by atoms with Gasteiger partial charge in [-0.25, -0.2) is 0 Å². The summed E-state index contributed by atoms with van der Waals surface area (Å²) in [7, 11) is 0. The maximum Gasteiger partial charge on any atom is 0.227 e. The fourth-order valence-corrected chi connectivity index (χ4v) is 2.49. The van der Waals surface area contributed by atoms with Gasteiger partial charge < -0.3 is 9.63 Å². The average Bonchev–Trinajstić information content (AvgIpc) is 2.93. The van der Waals surface area contributed by atoms with E-state index in [1.807, 2.05) is 30.3 Å². The summed E-state index contributed by atoms with van der Waals surface area (Å²) in [6, 6.07) is 10.2. The molecule has 1 N–H and O–H groups in total. The first kappa shape index (κ1) is 13.3. The number of rotatable bonds is 6. The quantitative estimate of drug-likeness (QED) is 0.868. The number of aliphatic hydroxyl groups excluding tert-OH is 1. The lowest BCUT2D eigenvalue weighted by Gasteiger charge is -2.39. The summed E-state index contributed by atoms with van der Waals surface area (Å²) in [6.45, 7) is 2.33. The molecule has 1 fully saturated rings. The minimum Gasteiger partial charge on any atom is -0.395 e. The Hall–Kier alpha value is -1.72. The Morgan fingerprint density at radius 1 is 1.30 bits per heavy atom. The number of nitrogens with zero attached hydrogens (tertiary/aromatic N) is 3. The van der Waals surface area contributed by atoms with E-state index in [1.165, 1.54) is 0 Å². The molecule has 0 radical (unpaired) electrons. The molecule has 2 heterocycles. The Balaban J connectivity index is 1.51. The van der Waals surface area contributed by atoms with Crippen LogP contribution in [-0.4, -0.2) is 45.9 Å². The highest BCUT2D eigenvalue weighted by Crippen LogP contribution is 2.18. The second-order valence-corrected chi connectivity index (χ2v) is 5.14. The van der Waals surface area contributed by atoms with Crippen molar-refractivity contribution in [3.05, 3.63) is 36.2 Å². The topological polar surface area (TPSA) is 62.4 Å². The van der Waals surface area contributed by atoms with Gasteiger partial charge in [0.05, 0.1) is 6.61 Å². The Bertz CT molecular complexity index is 539. The molecule has 0 aliphatic carbocycles. The van der Waals surface area contributed by atoms with E-state index >= 15 is 0 Å².